The zero-order valence-corrected chi connectivity index (χ0v) is 12.8. The summed E-state index contributed by atoms with van der Waals surface area (Å²) in [4.78, 5) is 0. The normalized spacial score (nSPS) is 10.6. The van der Waals surface area contributed by atoms with Crippen LogP contribution in [0.1, 0.15) is 18.1 Å². The van der Waals surface area contributed by atoms with Gasteiger partial charge in [-0.3, -0.25) is 0 Å². The maximum absolute atomic E-state index is 6.20. The standard InChI is InChI=1S/C16H17Cl2NO/c1-2-11-10-12(6-7-14(11)17)20-16-5-3-4-15(18)13(16)8-9-19/h3-7,10H,2,8-9,19H2,1H3. The summed E-state index contributed by atoms with van der Waals surface area (Å²) in [6.45, 7) is 2.59. The van der Waals surface area contributed by atoms with E-state index in [0.717, 1.165) is 34.1 Å². The van der Waals surface area contributed by atoms with Crippen LogP contribution in [0.5, 0.6) is 11.5 Å². The average molecular weight is 310 g/mol. The van der Waals surface area contributed by atoms with E-state index in [-0.39, 0.29) is 0 Å². The molecule has 20 heavy (non-hydrogen) atoms. The molecule has 0 heterocycles. The molecule has 0 aliphatic rings. The van der Waals surface area contributed by atoms with Crippen molar-refractivity contribution in [2.75, 3.05) is 6.54 Å². The monoisotopic (exact) mass is 309 g/mol. The van der Waals surface area contributed by atoms with Gasteiger partial charge in [-0.1, -0.05) is 36.2 Å². The first-order valence-electron chi connectivity index (χ1n) is 6.59. The molecule has 2 aromatic rings. The zero-order chi connectivity index (χ0) is 14.5. The number of benzene rings is 2. The zero-order valence-electron chi connectivity index (χ0n) is 11.3. The molecule has 0 aliphatic carbocycles. The lowest BCUT2D eigenvalue weighted by molar-refractivity contribution is 0.475. The van der Waals surface area contributed by atoms with Crippen LogP contribution in [0.15, 0.2) is 36.4 Å². The maximum Gasteiger partial charge on any atom is 0.132 e. The first kappa shape index (κ1) is 15.2. The number of ether oxygens (including phenoxy) is 1. The number of hydrogen-bond acceptors (Lipinski definition) is 2. The molecule has 0 aliphatic heterocycles. The summed E-state index contributed by atoms with van der Waals surface area (Å²) in [7, 11) is 0. The number of nitrogens with two attached hydrogens (primary N) is 1. The van der Waals surface area contributed by atoms with E-state index >= 15 is 0 Å². The van der Waals surface area contributed by atoms with Crippen molar-refractivity contribution in [1.29, 1.82) is 0 Å². The van der Waals surface area contributed by atoms with E-state index in [4.69, 9.17) is 33.7 Å². The van der Waals surface area contributed by atoms with E-state index in [0.29, 0.717) is 18.0 Å². The summed E-state index contributed by atoms with van der Waals surface area (Å²) in [5, 5.41) is 1.44. The van der Waals surface area contributed by atoms with Gasteiger partial charge in [-0.25, -0.2) is 0 Å². The van der Waals surface area contributed by atoms with Crippen molar-refractivity contribution in [2.45, 2.75) is 19.8 Å². The predicted molar refractivity (Wildman–Crippen MR) is 85.1 cm³/mol. The highest BCUT2D eigenvalue weighted by Gasteiger charge is 2.09. The second-order valence-corrected chi connectivity index (χ2v) is 5.28. The van der Waals surface area contributed by atoms with Crippen LogP contribution in [-0.4, -0.2) is 6.54 Å². The topological polar surface area (TPSA) is 35.2 Å². The van der Waals surface area contributed by atoms with Gasteiger partial charge in [0, 0.05) is 15.6 Å². The van der Waals surface area contributed by atoms with Gasteiger partial charge in [0.1, 0.15) is 11.5 Å². The van der Waals surface area contributed by atoms with E-state index in [1.54, 1.807) is 0 Å². The van der Waals surface area contributed by atoms with E-state index in [1.165, 1.54) is 0 Å². The van der Waals surface area contributed by atoms with Gasteiger partial charge in [-0.2, -0.15) is 0 Å². The molecule has 4 heteroatoms. The van der Waals surface area contributed by atoms with Crippen molar-refractivity contribution in [3.05, 3.63) is 57.6 Å². The Bertz CT molecular complexity index is 599. The Morgan fingerprint density at radius 3 is 2.60 bits per heavy atom. The van der Waals surface area contributed by atoms with Crippen LogP contribution >= 0.6 is 23.2 Å². The Hall–Kier alpha value is -1.22. The molecular weight excluding hydrogens is 293 g/mol. The summed E-state index contributed by atoms with van der Waals surface area (Å²) < 4.78 is 5.94. The molecular formula is C16H17Cl2NO. The SMILES string of the molecule is CCc1cc(Oc2cccc(Cl)c2CCN)ccc1Cl. The Balaban J connectivity index is 2.32. The van der Waals surface area contributed by atoms with Gasteiger partial charge in [-0.15, -0.1) is 0 Å². The molecule has 0 unspecified atom stereocenters. The summed E-state index contributed by atoms with van der Waals surface area (Å²) in [5.74, 6) is 1.50. The summed E-state index contributed by atoms with van der Waals surface area (Å²) in [6, 6.07) is 11.3. The second kappa shape index (κ2) is 6.98. The molecule has 2 rings (SSSR count). The molecule has 0 fully saturated rings. The Kier molecular flexibility index (Phi) is 5.30. The summed E-state index contributed by atoms with van der Waals surface area (Å²) >= 11 is 12.3. The largest absolute Gasteiger partial charge is 0.457 e. The maximum atomic E-state index is 6.20. The number of aryl methyl sites for hydroxylation is 1. The fourth-order valence-electron chi connectivity index (χ4n) is 2.03. The van der Waals surface area contributed by atoms with Crippen LogP contribution in [-0.2, 0) is 12.8 Å². The van der Waals surface area contributed by atoms with Crippen LogP contribution in [0.2, 0.25) is 10.0 Å². The highest BCUT2D eigenvalue weighted by atomic mass is 35.5. The van der Waals surface area contributed by atoms with Gasteiger partial charge in [-0.05, 0) is 55.3 Å². The lowest BCUT2D eigenvalue weighted by atomic mass is 10.1. The van der Waals surface area contributed by atoms with Gasteiger partial charge in [0.05, 0.1) is 0 Å². The van der Waals surface area contributed by atoms with Crippen molar-refractivity contribution >= 4 is 23.2 Å². The summed E-state index contributed by atoms with van der Waals surface area (Å²) in [5.41, 5.74) is 7.62. The quantitative estimate of drug-likeness (QED) is 0.857. The predicted octanol–water partition coefficient (Wildman–Crippen LogP) is 4.85. The van der Waals surface area contributed by atoms with Crippen LogP contribution < -0.4 is 10.5 Å². The molecule has 2 aromatic carbocycles. The Morgan fingerprint density at radius 1 is 1.10 bits per heavy atom. The van der Waals surface area contributed by atoms with Crippen LogP contribution in [0, 0.1) is 0 Å². The highest BCUT2D eigenvalue weighted by molar-refractivity contribution is 6.31. The third-order valence-electron chi connectivity index (χ3n) is 3.10. The lowest BCUT2D eigenvalue weighted by Crippen LogP contribution is -2.04. The van der Waals surface area contributed by atoms with Crippen molar-refractivity contribution in [3.8, 4) is 11.5 Å². The third kappa shape index (κ3) is 3.45. The van der Waals surface area contributed by atoms with E-state index in [9.17, 15) is 0 Å². The van der Waals surface area contributed by atoms with Gasteiger partial charge in [0.25, 0.3) is 0 Å². The smallest absolute Gasteiger partial charge is 0.132 e. The van der Waals surface area contributed by atoms with E-state index in [2.05, 4.69) is 6.92 Å². The minimum atomic E-state index is 0.529. The minimum Gasteiger partial charge on any atom is -0.457 e. The van der Waals surface area contributed by atoms with Crippen molar-refractivity contribution in [2.24, 2.45) is 5.73 Å². The van der Waals surface area contributed by atoms with Crippen LogP contribution in [0.4, 0.5) is 0 Å². The van der Waals surface area contributed by atoms with E-state index in [1.807, 2.05) is 36.4 Å². The first-order valence-corrected chi connectivity index (χ1v) is 7.35. The Labute approximate surface area is 129 Å². The molecule has 2 N–H and O–H groups in total. The fraction of sp³-hybridized carbons (Fsp3) is 0.250. The van der Waals surface area contributed by atoms with Crippen molar-refractivity contribution in [3.63, 3.8) is 0 Å². The van der Waals surface area contributed by atoms with Crippen molar-refractivity contribution < 1.29 is 4.74 Å². The molecule has 0 saturated carbocycles. The highest BCUT2D eigenvalue weighted by Crippen LogP contribution is 2.32. The molecule has 2 nitrogen and oxygen atoms in total. The molecule has 106 valence electrons. The van der Waals surface area contributed by atoms with Gasteiger partial charge in [0.15, 0.2) is 0 Å². The van der Waals surface area contributed by atoms with E-state index < -0.39 is 0 Å². The third-order valence-corrected chi connectivity index (χ3v) is 3.82. The van der Waals surface area contributed by atoms with Crippen molar-refractivity contribution in [1.82, 2.24) is 0 Å². The summed E-state index contributed by atoms with van der Waals surface area (Å²) in [6.07, 6.45) is 1.55. The average Bonchev–Trinajstić information content (AvgIpc) is 2.44. The molecule has 0 spiro atoms. The lowest BCUT2D eigenvalue weighted by Gasteiger charge is -2.13. The number of rotatable bonds is 5. The van der Waals surface area contributed by atoms with Crippen LogP contribution in [0.25, 0.3) is 0 Å². The Morgan fingerprint density at radius 2 is 1.90 bits per heavy atom. The van der Waals surface area contributed by atoms with Crippen LogP contribution in [0.3, 0.4) is 0 Å². The fourth-order valence-corrected chi connectivity index (χ4v) is 2.55. The molecule has 0 radical (unpaired) electrons. The molecule has 0 amide bonds. The molecule has 0 atom stereocenters. The minimum absolute atomic E-state index is 0.529. The molecule has 0 aromatic heterocycles. The first-order chi connectivity index (χ1) is 9.65. The number of halogens is 2. The molecule has 0 bridgehead atoms. The van der Waals surface area contributed by atoms with Gasteiger partial charge >= 0.3 is 0 Å². The van der Waals surface area contributed by atoms with Gasteiger partial charge < -0.3 is 10.5 Å². The second-order valence-electron chi connectivity index (χ2n) is 4.46. The van der Waals surface area contributed by atoms with Gasteiger partial charge in [0.2, 0.25) is 0 Å². The molecule has 0 saturated heterocycles. The number of hydrogen-bond donors (Lipinski definition) is 1.